The van der Waals surface area contributed by atoms with Crippen LogP contribution in [-0.2, 0) is 6.54 Å². The van der Waals surface area contributed by atoms with Crippen LogP contribution in [0.1, 0.15) is 44.7 Å². The van der Waals surface area contributed by atoms with Crippen molar-refractivity contribution in [3.8, 4) is 5.75 Å². The number of piperidine rings is 1. The lowest BCUT2D eigenvalue weighted by Gasteiger charge is -2.26. The van der Waals surface area contributed by atoms with Crippen LogP contribution in [0.3, 0.4) is 0 Å². The molecule has 1 aromatic heterocycles. The maximum atomic E-state index is 10.2. The molecule has 1 aliphatic rings. The van der Waals surface area contributed by atoms with Crippen LogP contribution in [0.5, 0.6) is 5.75 Å². The summed E-state index contributed by atoms with van der Waals surface area (Å²) >= 11 is 0. The molecule has 2 heterocycles. The van der Waals surface area contributed by atoms with Gasteiger partial charge in [0.15, 0.2) is 0 Å². The maximum absolute atomic E-state index is 10.2. The maximum Gasteiger partial charge on any atom is 0.139 e. The second-order valence-electron chi connectivity index (χ2n) is 6.17. The summed E-state index contributed by atoms with van der Waals surface area (Å²) in [4.78, 5) is 2.53. The number of para-hydroxylation sites is 1. The third-order valence-electron chi connectivity index (χ3n) is 4.31. The molecule has 1 fully saturated rings. The number of hydrogen-bond donors (Lipinski definition) is 1. The minimum atomic E-state index is 0.362. The Labute approximate surface area is 120 Å². The number of aromatic nitrogens is 1. The van der Waals surface area contributed by atoms with E-state index in [0.29, 0.717) is 11.8 Å². The molecule has 0 spiro atoms. The minimum Gasteiger partial charge on any atom is -0.506 e. The average molecular weight is 272 g/mol. The van der Waals surface area contributed by atoms with Gasteiger partial charge in [0.2, 0.25) is 0 Å². The summed E-state index contributed by atoms with van der Waals surface area (Å²) in [6.07, 6.45) is 6.22. The molecule has 20 heavy (non-hydrogen) atoms. The van der Waals surface area contributed by atoms with Gasteiger partial charge < -0.3 is 9.67 Å². The zero-order valence-electron chi connectivity index (χ0n) is 12.5. The topological polar surface area (TPSA) is 28.4 Å². The largest absolute Gasteiger partial charge is 0.506 e. The van der Waals surface area contributed by atoms with Crippen molar-refractivity contribution in [2.24, 2.45) is 0 Å². The first-order valence-corrected chi connectivity index (χ1v) is 7.70. The first-order chi connectivity index (χ1) is 9.66. The highest BCUT2D eigenvalue weighted by Gasteiger charge is 2.17. The molecule has 1 saturated heterocycles. The van der Waals surface area contributed by atoms with E-state index in [1.165, 1.54) is 43.3 Å². The quantitative estimate of drug-likeness (QED) is 0.917. The second kappa shape index (κ2) is 5.49. The molecule has 0 unspecified atom stereocenters. The van der Waals surface area contributed by atoms with Crippen LogP contribution >= 0.6 is 0 Å². The van der Waals surface area contributed by atoms with Crippen molar-refractivity contribution in [1.29, 1.82) is 0 Å². The van der Waals surface area contributed by atoms with Gasteiger partial charge >= 0.3 is 0 Å². The first-order valence-electron chi connectivity index (χ1n) is 7.70. The van der Waals surface area contributed by atoms with E-state index >= 15 is 0 Å². The number of nitrogens with zero attached hydrogens (tertiary/aromatic N) is 2. The number of rotatable bonds is 3. The zero-order valence-corrected chi connectivity index (χ0v) is 12.5. The molecule has 1 aliphatic heterocycles. The van der Waals surface area contributed by atoms with E-state index in [0.717, 1.165) is 12.1 Å². The second-order valence-corrected chi connectivity index (χ2v) is 6.17. The number of aromatic hydroxyl groups is 1. The lowest BCUT2D eigenvalue weighted by atomic mass is 10.1. The molecule has 3 rings (SSSR count). The van der Waals surface area contributed by atoms with Gasteiger partial charge in [-0.05, 0) is 51.4 Å². The highest BCUT2D eigenvalue weighted by Crippen LogP contribution is 2.32. The Morgan fingerprint density at radius 1 is 1.15 bits per heavy atom. The average Bonchev–Trinajstić information content (AvgIpc) is 2.81. The Morgan fingerprint density at radius 2 is 1.90 bits per heavy atom. The Kier molecular flexibility index (Phi) is 3.70. The van der Waals surface area contributed by atoms with Gasteiger partial charge in [0.1, 0.15) is 5.75 Å². The fourth-order valence-electron chi connectivity index (χ4n) is 3.26. The van der Waals surface area contributed by atoms with E-state index in [1.807, 2.05) is 6.07 Å². The smallest absolute Gasteiger partial charge is 0.139 e. The van der Waals surface area contributed by atoms with Crippen LogP contribution < -0.4 is 0 Å². The number of phenolic OH excluding ortho intramolecular Hbond substituents is 1. The third kappa shape index (κ3) is 2.42. The first kappa shape index (κ1) is 13.5. The van der Waals surface area contributed by atoms with Crippen molar-refractivity contribution < 1.29 is 5.11 Å². The summed E-state index contributed by atoms with van der Waals surface area (Å²) in [5, 5.41) is 11.4. The summed E-state index contributed by atoms with van der Waals surface area (Å²) in [6.45, 7) is 7.73. The van der Waals surface area contributed by atoms with E-state index in [1.54, 1.807) is 6.07 Å². The van der Waals surface area contributed by atoms with Gasteiger partial charge in [-0.1, -0.05) is 18.6 Å². The van der Waals surface area contributed by atoms with Gasteiger partial charge in [-0.25, -0.2) is 0 Å². The van der Waals surface area contributed by atoms with Crippen molar-refractivity contribution in [3.63, 3.8) is 0 Å². The molecule has 3 nitrogen and oxygen atoms in total. The van der Waals surface area contributed by atoms with E-state index in [2.05, 4.69) is 35.6 Å². The highest BCUT2D eigenvalue weighted by molar-refractivity contribution is 5.89. The van der Waals surface area contributed by atoms with Crippen LogP contribution in [-0.4, -0.2) is 27.7 Å². The molecular formula is C17H24N2O. The number of fused-ring (bicyclic) bond motifs is 1. The number of phenols is 1. The van der Waals surface area contributed by atoms with Gasteiger partial charge in [0.25, 0.3) is 0 Å². The van der Waals surface area contributed by atoms with Crippen LogP contribution in [0, 0.1) is 0 Å². The molecular weight excluding hydrogens is 248 g/mol. The van der Waals surface area contributed by atoms with E-state index in [9.17, 15) is 5.11 Å². The number of hydrogen-bond acceptors (Lipinski definition) is 2. The van der Waals surface area contributed by atoms with Crippen molar-refractivity contribution in [3.05, 3.63) is 30.0 Å². The predicted octanol–water partition coefficient (Wildman–Crippen LogP) is 3.91. The summed E-state index contributed by atoms with van der Waals surface area (Å²) in [6, 6.07) is 6.22. The summed E-state index contributed by atoms with van der Waals surface area (Å²) in [5.41, 5.74) is 2.32. The molecule has 0 radical (unpaired) electrons. The summed E-state index contributed by atoms with van der Waals surface area (Å²) in [7, 11) is 0. The van der Waals surface area contributed by atoms with Crippen LogP contribution in [0.25, 0.3) is 10.9 Å². The third-order valence-corrected chi connectivity index (χ3v) is 4.31. The Bertz CT molecular complexity index is 594. The Hall–Kier alpha value is -1.48. The van der Waals surface area contributed by atoms with Crippen LogP contribution in [0.2, 0.25) is 0 Å². The SMILES string of the molecule is CC(C)n1cc(CN2CCCCC2)c2cccc(O)c21. The molecule has 0 atom stereocenters. The highest BCUT2D eigenvalue weighted by atomic mass is 16.3. The normalized spacial score (nSPS) is 17.1. The summed E-state index contributed by atoms with van der Waals surface area (Å²) < 4.78 is 2.20. The molecule has 1 N–H and O–H groups in total. The summed E-state index contributed by atoms with van der Waals surface area (Å²) in [5.74, 6) is 0.390. The van der Waals surface area contributed by atoms with Crippen molar-refractivity contribution in [1.82, 2.24) is 9.47 Å². The van der Waals surface area contributed by atoms with Gasteiger partial charge in [-0.2, -0.15) is 0 Å². The van der Waals surface area contributed by atoms with Gasteiger partial charge in [0, 0.05) is 24.2 Å². The molecule has 0 bridgehead atoms. The minimum absolute atomic E-state index is 0.362. The zero-order chi connectivity index (χ0) is 14.1. The van der Waals surface area contributed by atoms with E-state index < -0.39 is 0 Å². The molecule has 0 amide bonds. The lowest BCUT2D eigenvalue weighted by Crippen LogP contribution is -2.28. The molecule has 1 aromatic carbocycles. The fraction of sp³-hybridized carbons (Fsp3) is 0.529. The molecule has 108 valence electrons. The molecule has 0 saturated carbocycles. The monoisotopic (exact) mass is 272 g/mol. The van der Waals surface area contributed by atoms with Crippen LogP contribution in [0.15, 0.2) is 24.4 Å². The van der Waals surface area contributed by atoms with E-state index in [-0.39, 0.29) is 0 Å². The van der Waals surface area contributed by atoms with Crippen molar-refractivity contribution in [2.75, 3.05) is 13.1 Å². The number of likely N-dealkylation sites (tertiary alicyclic amines) is 1. The molecule has 3 heteroatoms. The van der Waals surface area contributed by atoms with E-state index in [4.69, 9.17) is 0 Å². The standard InChI is InChI=1S/C17H24N2O/c1-13(2)19-12-14(11-18-9-4-3-5-10-18)15-7-6-8-16(20)17(15)19/h6-8,12-13,20H,3-5,9-11H2,1-2H3. The number of benzene rings is 1. The van der Waals surface area contributed by atoms with Crippen molar-refractivity contribution >= 4 is 10.9 Å². The fourth-order valence-corrected chi connectivity index (χ4v) is 3.26. The van der Waals surface area contributed by atoms with Crippen molar-refractivity contribution in [2.45, 2.75) is 45.7 Å². The lowest BCUT2D eigenvalue weighted by molar-refractivity contribution is 0.221. The molecule has 2 aromatic rings. The predicted molar refractivity (Wildman–Crippen MR) is 83.1 cm³/mol. The van der Waals surface area contributed by atoms with Crippen LogP contribution in [0.4, 0.5) is 0 Å². The van der Waals surface area contributed by atoms with Gasteiger partial charge in [-0.15, -0.1) is 0 Å². The van der Waals surface area contributed by atoms with Gasteiger partial charge in [-0.3, -0.25) is 4.90 Å². The Morgan fingerprint density at radius 3 is 2.60 bits per heavy atom. The van der Waals surface area contributed by atoms with Gasteiger partial charge in [0.05, 0.1) is 5.52 Å². The molecule has 0 aliphatic carbocycles. The Balaban J connectivity index is 2.00.